The maximum Gasteiger partial charge on any atom is 0.199 e. The number of rotatable bonds is 3. The summed E-state index contributed by atoms with van der Waals surface area (Å²) in [6.07, 6.45) is 2.93. The van der Waals surface area contributed by atoms with Crippen molar-refractivity contribution in [3.8, 4) is 0 Å². The lowest BCUT2D eigenvalue weighted by atomic mass is 9.98. The molecule has 1 unspecified atom stereocenters. The molecule has 0 N–H and O–H groups in total. The highest BCUT2D eigenvalue weighted by Crippen LogP contribution is 2.29. The van der Waals surface area contributed by atoms with E-state index in [1.165, 1.54) is 12.1 Å². The van der Waals surface area contributed by atoms with Crippen LogP contribution in [0.3, 0.4) is 0 Å². The second-order valence-electron chi connectivity index (χ2n) is 4.93. The maximum atomic E-state index is 12.4. The van der Waals surface area contributed by atoms with E-state index in [1.807, 2.05) is 0 Å². The predicted molar refractivity (Wildman–Crippen MR) is 89.6 cm³/mol. The van der Waals surface area contributed by atoms with Crippen molar-refractivity contribution in [3.63, 3.8) is 0 Å². The van der Waals surface area contributed by atoms with Crippen molar-refractivity contribution in [2.45, 2.75) is 6.04 Å². The van der Waals surface area contributed by atoms with Crippen LogP contribution in [0.5, 0.6) is 0 Å². The van der Waals surface area contributed by atoms with Crippen LogP contribution in [0.4, 0.5) is 5.69 Å². The largest absolute Gasteiger partial charge is 0.292 e. The van der Waals surface area contributed by atoms with E-state index >= 15 is 0 Å². The van der Waals surface area contributed by atoms with E-state index in [0.29, 0.717) is 21.3 Å². The quantitative estimate of drug-likeness (QED) is 0.585. The molecule has 6 heteroatoms. The Hall–Kier alpha value is -2.30. The third kappa shape index (κ3) is 3.38. The molecular formula is C17H10Cl2N2O2. The molecule has 0 radical (unpaired) electrons. The van der Waals surface area contributed by atoms with E-state index in [-0.39, 0.29) is 0 Å². The highest BCUT2D eigenvalue weighted by molar-refractivity contribution is 6.31. The molecule has 1 heterocycles. The summed E-state index contributed by atoms with van der Waals surface area (Å²) in [5.41, 5.74) is 1.53. The summed E-state index contributed by atoms with van der Waals surface area (Å²) in [5, 5.41) is 8.77. The van der Waals surface area contributed by atoms with Crippen LogP contribution in [0.2, 0.25) is 10.0 Å². The first kappa shape index (κ1) is 15.6. The molecule has 1 aliphatic rings. The molecule has 2 aromatic carbocycles. The molecule has 2 aromatic rings. The molecule has 3 rings (SSSR count). The summed E-state index contributed by atoms with van der Waals surface area (Å²) < 4.78 is 0. The lowest BCUT2D eigenvalue weighted by Crippen LogP contribution is -2.28. The molecule has 23 heavy (non-hydrogen) atoms. The topological polar surface area (TPSA) is 58.9 Å². The molecule has 0 saturated heterocycles. The molecule has 1 aliphatic heterocycles. The van der Waals surface area contributed by atoms with Crippen LogP contribution in [0, 0.1) is 0 Å². The van der Waals surface area contributed by atoms with Crippen molar-refractivity contribution >= 4 is 46.5 Å². The van der Waals surface area contributed by atoms with E-state index in [9.17, 15) is 9.59 Å². The Labute approximate surface area is 142 Å². The summed E-state index contributed by atoms with van der Waals surface area (Å²) in [7, 11) is 0. The van der Waals surface area contributed by atoms with Crippen molar-refractivity contribution in [3.05, 3.63) is 69.7 Å². The number of fused-ring (bicyclic) bond motifs is 1. The summed E-state index contributed by atoms with van der Waals surface area (Å²) in [6.45, 7) is 0. The number of carbonyl (C=O) groups is 2. The number of azo groups is 1. The minimum atomic E-state index is -1.16. The Morgan fingerprint density at radius 1 is 1.04 bits per heavy atom. The van der Waals surface area contributed by atoms with Gasteiger partial charge in [-0.1, -0.05) is 41.4 Å². The van der Waals surface area contributed by atoms with Crippen LogP contribution in [0.15, 0.2) is 58.8 Å². The van der Waals surface area contributed by atoms with Gasteiger partial charge in [-0.3, -0.25) is 9.59 Å². The lowest BCUT2D eigenvalue weighted by molar-refractivity contribution is -0.114. The number of hydrogen-bond acceptors (Lipinski definition) is 4. The fourth-order valence-corrected chi connectivity index (χ4v) is 2.44. The van der Waals surface area contributed by atoms with Gasteiger partial charge in [-0.15, -0.1) is 0 Å². The number of halogens is 2. The summed E-state index contributed by atoms with van der Waals surface area (Å²) in [5.74, 6) is -0.831. The van der Waals surface area contributed by atoms with Gasteiger partial charge in [0.2, 0.25) is 0 Å². The van der Waals surface area contributed by atoms with Crippen LogP contribution < -0.4 is 0 Å². The Bertz CT molecular complexity index is 842. The van der Waals surface area contributed by atoms with Crippen LogP contribution >= 0.6 is 23.2 Å². The zero-order valence-electron chi connectivity index (χ0n) is 11.7. The van der Waals surface area contributed by atoms with Crippen molar-refractivity contribution < 1.29 is 9.59 Å². The molecule has 0 amide bonds. The van der Waals surface area contributed by atoms with Gasteiger partial charge < -0.3 is 0 Å². The minimum absolute atomic E-state index is 0.311. The molecule has 0 aliphatic carbocycles. The van der Waals surface area contributed by atoms with Crippen molar-refractivity contribution in [2.75, 3.05) is 0 Å². The van der Waals surface area contributed by atoms with E-state index in [0.717, 1.165) is 5.56 Å². The first-order chi connectivity index (χ1) is 11.0. The SMILES string of the molecule is O=C(/C=C/c1ccc(Cl)cc1)C1N=Nc2ccc(Cl)cc2C1=O. The molecular weight excluding hydrogens is 335 g/mol. The summed E-state index contributed by atoms with van der Waals surface area (Å²) in [6, 6.07) is 10.5. The summed E-state index contributed by atoms with van der Waals surface area (Å²) in [4.78, 5) is 24.6. The fourth-order valence-electron chi connectivity index (χ4n) is 2.14. The molecule has 4 nitrogen and oxygen atoms in total. The number of ketones is 2. The van der Waals surface area contributed by atoms with Crippen LogP contribution in [0.1, 0.15) is 15.9 Å². The number of nitrogens with zero attached hydrogens (tertiary/aromatic N) is 2. The first-order valence-corrected chi connectivity index (χ1v) is 7.52. The average molecular weight is 345 g/mol. The van der Waals surface area contributed by atoms with Gasteiger partial charge in [-0.2, -0.15) is 10.2 Å². The standard InChI is InChI=1S/C17H10Cl2N2O2/c18-11-4-1-10(2-5-11)3-8-15(22)16-17(23)13-9-12(19)6-7-14(13)20-21-16/h1-9,16H/b8-3+. The zero-order valence-corrected chi connectivity index (χ0v) is 13.3. The van der Waals surface area contributed by atoms with Gasteiger partial charge in [0, 0.05) is 15.6 Å². The Balaban J connectivity index is 1.81. The third-order valence-corrected chi connectivity index (χ3v) is 3.82. The van der Waals surface area contributed by atoms with Gasteiger partial charge in [0.15, 0.2) is 17.6 Å². The average Bonchev–Trinajstić information content (AvgIpc) is 2.55. The smallest absolute Gasteiger partial charge is 0.199 e. The Morgan fingerprint density at radius 2 is 1.74 bits per heavy atom. The van der Waals surface area contributed by atoms with E-state index < -0.39 is 17.6 Å². The highest BCUT2D eigenvalue weighted by Gasteiger charge is 2.31. The monoisotopic (exact) mass is 344 g/mol. The van der Waals surface area contributed by atoms with Crippen LogP contribution in [0.25, 0.3) is 6.08 Å². The Morgan fingerprint density at radius 3 is 2.48 bits per heavy atom. The molecule has 0 fully saturated rings. The normalized spacial score (nSPS) is 16.6. The first-order valence-electron chi connectivity index (χ1n) is 6.77. The van der Waals surface area contributed by atoms with Gasteiger partial charge >= 0.3 is 0 Å². The van der Waals surface area contributed by atoms with Gasteiger partial charge in [-0.25, -0.2) is 0 Å². The van der Waals surface area contributed by atoms with E-state index in [2.05, 4.69) is 10.2 Å². The fraction of sp³-hybridized carbons (Fsp3) is 0.0588. The third-order valence-electron chi connectivity index (χ3n) is 3.33. The van der Waals surface area contributed by atoms with Crippen molar-refractivity contribution in [1.29, 1.82) is 0 Å². The predicted octanol–water partition coefficient (Wildman–Crippen LogP) is 4.92. The number of benzene rings is 2. The van der Waals surface area contributed by atoms with Gasteiger partial charge in [0.25, 0.3) is 0 Å². The van der Waals surface area contributed by atoms with Gasteiger partial charge in [0.05, 0.1) is 5.69 Å². The van der Waals surface area contributed by atoms with E-state index in [1.54, 1.807) is 42.5 Å². The number of carbonyl (C=O) groups excluding carboxylic acids is 2. The van der Waals surface area contributed by atoms with Gasteiger partial charge in [-0.05, 0) is 42.0 Å². The molecule has 1 atom stereocenters. The Kier molecular flexibility index (Phi) is 4.37. The van der Waals surface area contributed by atoms with Crippen molar-refractivity contribution in [1.82, 2.24) is 0 Å². The van der Waals surface area contributed by atoms with Crippen LogP contribution in [-0.4, -0.2) is 17.6 Å². The zero-order chi connectivity index (χ0) is 16.4. The second-order valence-corrected chi connectivity index (χ2v) is 5.80. The van der Waals surface area contributed by atoms with E-state index in [4.69, 9.17) is 23.2 Å². The van der Waals surface area contributed by atoms with Crippen LogP contribution in [-0.2, 0) is 4.79 Å². The molecule has 0 spiro atoms. The second kappa shape index (κ2) is 6.44. The molecule has 114 valence electrons. The highest BCUT2D eigenvalue weighted by atomic mass is 35.5. The minimum Gasteiger partial charge on any atom is -0.292 e. The van der Waals surface area contributed by atoms with Crippen molar-refractivity contribution in [2.24, 2.45) is 10.2 Å². The number of hydrogen-bond donors (Lipinski definition) is 0. The lowest BCUT2D eigenvalue weighted by Gasteiger charge is -2.14. The number of Topliss-reactive ketones (excluding diaryl/α,β-unsaturated/α-hetero) is 1. The molecule has 0 saturated carbocycles. The summed E-state index contributed by atoms with van der Waals surface area (Å²) >= 11 is 11.7. The molecule has 0 aromatic heterocycles. The maximum absolute atomic E-state index is 12.4. The molecule has 0 bridgehead atoms. The van der Waals surface area contributed by atoms with Gasteiger partial charge in [0.1, 0.15) is 0 Å².